The Morgan fingerprint density at radius 1 is 0.621 bits per heavy atom. The minimum Gasteiger partial charge on any atom is -0.310 e. The molecule has 0 atom stereocenters. The number of nitrogens with zero attached hydrogens (tertiary/aromatic N) is 1. The second kappa shape index (κ2) is 6.59. The van der Waals surface area contributed by atoms with Crippen LogP contribution in [0.1, 0.15) is 25.0 Å². The van der Waals surface area contributed by atoms with Crippen LogP contribution in [0.4, 0.5) is 21.5 Å². The molecule has 4 aromatic rings. The molecule has 0 aromatic heterocycles. The van der Waals surface area contributed by atoms with Crippen molar-refractivity contribution in [2.75, 3.05) is 4.90 Å². The van der Waals surface area contributed by atoms with E-state index in [0.29, 0.717) is 0 Å². The molecule has 0 radical (unpaired) electrons. The van der Waals surface area contributed by atoms with Gasteiger partial charge in [-0.3, -0.25) is 0 Å². The summed E-state index contributed by atoms with van der Waals surface area (Å²) in [5.74, 6) is -0.174. The van der Waals surface area contributed by atoms with Crippen LogP contribution in [0.2, 0.25) is 0 Å². The average molecular weight is 379 g/mol. The van der Waals surface area contributed by atoms with Crippen LogP contribution in [0.25, 0.3) is 11.1 Å². The highest BCUT2D eigenvalue weighted by Crippen LogP contribution is 2.51. The monoisotopic (exact) mass is 379 g/mol. The summed E-state index contributed by atoms with van der Waals surface area (Å²) in [5.41, 5.74) is 6.54. The highest BCUT2D eigenvalue weighted by Gasteiger charge is 2.37. The summed E-state index contributed by atoms with van der Waals surface area (Å²) in [6, 6.07) is 32.2. The number of halogens is 1. The minimum atomic E-state index is -0.248. The van der Waals surface area contributed by atoms with Crippen LogP contribution in [0.3, 0.4) is 0 Å². The second-order valence-corrected chi connectivity index (χ2v) is 8.03. The largest absolute Gasteiger partial charge is 0.310 e. The zero-order valence-electron chi connectivity index (χ0n) is 16.6. The molecule has 29 heavy (non-hydrogen) atoms. The Kier molecular flexibility index (Phi) is 4.02. The van der Waals surface area contributed by atoms with E-state index in [1.165, 1.54) is 5.56 Å². The lowest BCUT2D eigenvalue weighted by Gasteiger charge is -2.28. The standard InChI is InChI=1S/C27H22FN/c1-27(2)23-16-10-9-15-22(23)26-24(27)17-21(18-25(26)28)29(19-11-5-3-6-12-19)20-13-7-4-8-14-20/h3-18H,1-2H3. The van der Waals surface area contributed by atoms with E-state index in [9.17, 15) is 0 Å². The first-order valence-corrected chi connectivity index (χ1v) is 9.91. The smallest absolute Gasteiger partial charge is 0.133 e. The number of rotatable bonds is 3. The van der Waals surface area contributed by atoms with Gasteiger partial charge in [-0.25, -0.2) is 4.39 Å². The normalized spacial score (nSPS) is 13.6. The van der Waals surface area contributed by atoms with Gasteiger partial charge in [0.1, 0.15) is 5.82 Å². The highest BCUT2D eigenvalue weighted by atomic mass is 19.1. The molecule has 4 aromatic carbocycles. The molecular formula is C27H22FN. The van der Waals surface area contributed by atoms with E-state index in [4.69, 9.17) is 0 Å². The summed E-state index contributed by atoms with van der Waals surface area (Å²) in [7, 11) is 0. The number of para-hydroxylation sites is 2. The third-order valence-corrected chi connectivity index (χ3v) is 5.91. The van der Waals surface area contributed by atoms with E-state index < -0.39 is 0 Å². The van der Waals surface area contributed by atoms with Gasteiger partial charge in [0.25, 0.3) is 0 Å². The van der Waals surface area contributed by atoms with Crippen LogP contribution in [0.5, 0.6) is 0 Å². The Morgan fingerprint density at radius 2 is 1.17 bits per heavy atom. The molecule has 0 bridgehead atoms. The molecule has 0 spiro atoms. The predicted molar refractivity (Wildman–Crippen MR) is 119 cm³/mol. The highest BCUT2D eigenvalue weighted by molar-refractivity contribution is 5.85. The molecule has 0 saturated heterocycles. The van der Waals surface area contributed by atoms with E-state index in [1.54, 1.807) is 6.07 Å². The molecular weight excluding hydrogens is 357 g/mol. The first-order chi connectivity index (χ1) is 14.1. The molecule has 0 N–H and O–H groups in total. The summed E-state index contributed by atoms with van der Waals surface area (Å²) in [6.07, 6.45) is 0. The maximum absolute atomic E-state index is 15.5. The van der Waals surface area contributed by atoms with Crippen molar-refractivity contribution in [1.82, 2.24) is 0 Å². The Balaban J connectivity index is 1.75. The maximum atomic E-state index is 15.5. The topological polar surface area (TPSA) is 3.24 Å². The Hall–Kier alpha value is -3.39. The Bertz CT molecular complexity index is 1140. The lowest BCUT2D eigenvalue weighted by atomic mass is 9.82. The van der Waals surface area contributed by atoms with Gasteiger partial charge in [-0.05, 0) is 53.1 Å². The van der Waals surface area contributed by atoms with E-state index in [1.807, 2.05) is 54.6 Å². The molecule has 0 saturated carbocycles. The zero-order valence-corrected chi connectivity index (χ0v) is 16.6. The van der Waals surface area contributed by atoms with E-state index >= 15 is 4.39 Å². The number of hydrogen-bond acceptors (Lipinski definition) is 1. The first kappa shape index (κ1) is 17.7. The molecule has 0 unspecified atom stereocenters. The molecule has 5 rings (SSSR count). The van der Waals surface area contributed by atoms with E-state index in [0.717, 1.165) is 33.8 Å². The fourth-order valence-electron chi connectivity index (χ4n) is 4.48. The molecule has 0 amide bonds. The third-order valence-electron chi connectivity index (χ3n) is 5.91. The lowest BCUT2D eigenvalue weighted by molar-refractivity contribution is 0.620. The third kappa shape index (κ3) is 2.75. The number of fused-ring (bicyclic) bond motifs is 3. The van der Waals surface area contributed by atoms with Gasteiger partial charge in [0.15, 0.2) is 0 Å². The van der Waals surface area contributed by atoms with Crippen molar-refractivity contribution in [1.29, 1.82) is 0 Å². The zero-order chi connectivity index (χ0) is 20.0. The van der Waals surface area contributed by atoms with Crippen molar-refractivity contribution in [3.63, 3.8) is 0 Å². The summed E-state index contributed by atoms with van der Waals surface area (Å²) in [6.45, 7) is 4.35. The number of hydrogen-bond donors (Lipinski definition) is 0. The summed E-state index contributed by atoms with van der Waals surface area (Å²) in [5, 5.41) is 0. The van der Waals surface area contributed by atoms with E-state index in [2.05, 4.69) is 55.1 Å². The van der Waals surface area contributed by atoms with Crippen LogP contribution in [0, 0.1) is 5.82 Å². The molecule has 0 fully saturated rings. The number of anilines is 3. The number of benzene rings is 4. The first-order valence-electron chi connectivity index (χ1n) is 9.91. The molecule has 1 aliphatic carbocycles. The van der Waals surface area contributed by atoms with Crippen LogP contribution in [0.15, 0.2) is 97.1 Å². The van der Waals surface area contributed by atoms with E-state index in [-0.39, 0.29) is 11.2 Å². The minimum absolute atomic E-state index is 0.174. The molecule has 1 aliphatic rings. The molecule has 1 nitrogen and oxygen atoms in total. The van der Waals surface area contributed by atoms with Crippen LogP contribution in [-0.4, -0.2) is 0 Å². The van der Waals surface area contributed by atoms with Gasteiger partial charge in [-0.1, -0.05) is 74.5 Å². The van der Waals surface area contributed by atoms with Gasteiger partial charge in [0.05, 0.1) is 0 Å². The summed E-state index contributed by atoms with van der Waals surface area (Å²) >= 11 is 0. The lowest BCUT2D eigenvalue weighted by Crippen LogP contribution is -2.17. The van der Waals surface area contributed by atoms with Crippen LogP contribution < -0.4 is 4.90 Å². The molecule has 2 heteroatoms. The second-order valence-electron chi connectivity index (χ2n) is 8.03. The molecule has 0 heterocycles. The fourth-order valence-corrected chi connectivity index (χ4v) is 4.48. The van der Waals surface area contributed by atoms with Crippen LogP contribution >= 0.6 is 0 Å². The van der Waals surface area contributed by atoms with Gasteiger partial charge in [0, 0.05) is 28.0 Å². The predicted octanol–water partition coefficient (Wildman–Crippen LogP) is 7.60. The van der Waals surface area contributed by atoms with Crippen molar-refractivity contribution in [3.8, 4) is 11.1 Å². The van der Waals surface area contributed by atoms with Gasteiger partial charge in [-0.15, -0.1) is 0 Å². The molecule has 142 valence electrons. The van der Waals surface area contributed by atoms with Crippen molar-refractivity contribution >= 4 is 17.1 Å². The van der Waals surface area contributed by atoms with Gasteiger partial charge in [-0.2, -0.15) is 0 Å². The van der Waals surface area contributed by atoms with Crippen LogP contribution in [-0.2, 0) is 5.41 Å². The quantitative estimate of drug-likeness (QED) is 0.354. The van der Waals surface area contributed by atoms with Crippen molar-refractivity contribution in [3.05, 3.63) is 114 Å². The Labute approximate surface area is 171 Å². The fraction of sp³-hybridized carbons (Fsp3) is 0.111. The SMILES string of the molecule is CC1(C)c2ccccc2-c2c(F)cc(N(c3ccccc3)c3ccccc3)cc21. The van der Waals surface area contributed by atoms with Gasteiger partial charge < -0.3 is 4.90 Å². The van der Waals surface area contributed by atoms with Gasteiger partial charge >= 0.3 is 0 Å². The van der Waals surface area contributed by atoms with Gasteiger partial charge in [0.2, 0.25) is 0 Å². The summed E-state index contributed by atoms with van der Waals surface area (Å²) in [4.78, 5) is 2.11. The van der Waals surface area contributed by atoms with Crippen molar-refractivity contribution < 1.29 is 4.39 Å². The summed E-state index contributed by atoms with van der Waals surface area (Å²) < 4.78 is 15.5. The average Bonchev–Trinajstić information content (AvgIpc) is 2.98. The maximum Gasteiger partial charge on any atom is 0.133 e. The molecule has 0 aliphatic heterocycles. The Morgan fingerprint density at radius 3 is 1.79 bits per heavy atom. The van der Waals surface area contributed by atoms with Crippen molar-refractivity contribution in [2.24, 2.45) is 0 Å². The van der Waals surface area contributed by atoms with Crippen molar-refractivity contribution in [2.45, 2.75) is 19.3 Å².